The molecule has 1 unspecified atom stereocenters. The molecule has 6 heteroatoms. The molecule has 1 aromatic heterocycles. The van der Waals surface area contributed by atoms with Gasteiger partial charge in [-0.05, 0) is 56.3 Å². The first kappa shape index (κ1) is 17.3. The average molecular weight is 367 g/mol. The molecule has 1 saturated heterocycles. The minimum Gasteiger partial charge on any atom is -0.468 e. The highest BCUT2D eigenvalue weighted by molar-refractivity contribution is 6.36. The van der Waals surface area contributed by atoms with Crippen LogP contribution in [0.2, 0.25) is 10.0 Å². The lowest BCUT2D eigenvalue weighted by Crippen LogP contribution is -2.40. The average Bonchev–Trinajstić information content (AvgIpc) is 3.10. The van der Waals surface area contributed by atoms with Crippen molar-refractivity contribution in [1.29, 1.82) is 0 Å². The summed E-state index contributed by atoms with van der Waals surface area (Å²) in [6.07, 6.45) is 5.28. The van der Waals surface area contributed by atoms with E-state index < -0.39 is 0 Å². The van der Waals surface area contributed by atoms with Gasteiger partial charge in [0.15, 0.2) is 0 Å². The molecule has 1 aliphatic rings. The zero-order valence-corrected chi connectivity index (χ0v) is 14.8. The van der Waals surface area contributed by atoms with Crippen LogP contribution in [-0.2, 0) is 0 Å². The molecule has 0 spiro atoms. The number of nitrogens with one attached hydrogen (secondary N) is 1. The van der Waals surface area contributed by atoms with E-state index in [1.165, 1.54) is 19.3 Å². The third-order valence-corrected chi connectivity index (χ3v) is 4.88. The molecular formula is C18H20Cl2N2O2. The normalized spacial score (nSPS) is 16.8. The van der Waals surface area contributed by atoms with Gasteiger partial charge in [0.1, 0.15) is 5.76 Å². The van der Waals surface area contributed by atoms with Crippen molar-refractivity contribution in [3.8, 4) is 0 Å². The fourth-order valence-corrected chi connectivity index (χ4v) is 3.57. The summed E-state index contributed by atoms with van der Waals surface area (Å²) >= 11 is 12.0. The second-order valence-electron chi connectivity index (χ2n) is 5.96. The van der Waals surface area contributed by atoms with Gasteiger partial charge in [-0.1, -0.05) is 29.6 Å². The second kappa shape index (κ2) is 8.06. The van der Waals surface area contributed by atoms with Crippen LogP contribution < -0.4 is 5.32 Å². The summed E-state index contributed by atoms with van der Waals surface area (Å²) in [6.45, 7) is 2.51. The van der Waals surface area contributed by atoms with Crippen LogP contribution in [0.5, 0.6) is 0 Å². The Hall–Kier alpha value is -1.49. The van der Waals surface area contributed by atoms with E-state index >= 15 is 0 Å². The number of carbonyl (C=O) groups excluding carboxylic acids is 1. The number of amides is 1. The van der Waals surface area contributed by atoms with Gasteiger partial charge in [0.05, 0.1) is 22.9 Å². The summed E-state index contributed by atoms with van der Waals surface area (Å²) in [5.74, 6) is 0.671. The molecule has 0 bridgehead atoms. The predicted octanol–water partition coefficient (Wildman–Crippen LogP) is 4.54. The Morgan fingerprint density at radius 3 is 2.67 bits per heavy atom. The largest absolute Gasteiger partial charge is 0.468 e. The highest BCUT2D eigenvalue weighted by atomic mass is 35.5. The van der Waals surface area contributed by atoms with Crippen molar-refractivity contribution in [2.24, 2.45) is 0 Å². The Morgan fingerprint density at radius 1 is 1.21 bits per heavy atom. The van der Waals surface area contributed by atoms with Crippen molar-refractivity contribution in [3.63, 3.8) is 0 Å². The molecule has 4 nitrogen and oxygen atoms in total. The molecule has 128 valence electrons. The van der Waals surface area contributed by atoms with Crippen LogP contribution in [0, 0.1) is 0 Å². The number of carbonyl (C=O) groups is 1. The lowest BCUT2D eigenvalue weighted by molar-refractivity contribution is 0.0914. The molecule has 1 N–H and O–H groups in total. The van der Waals surface area contributed by atoms with Crippen LogP contribution in [0.3, 0.4) is 0 Å². The van der Waals surface area contributed by atoms with Crippen molar-refractivity contribution in [2.45, 2.75) is 25.3 Å². The summed E-state index contributed by atoms with van der Waals surface area (Å²) in [5, 5.41) is 3.84. The van der Waals surface area contributed by atoms with Gasteiger partial charge in [0.25, 0.3) is 5.91 Å². The van der Waals surface area contributed by atoms with E-state index in [4.69, 9.17) is 27.6 Å². The third kappa shape index (κ3) is 4.12. The molecule has 2 aromatic rings. The van der Waals surface area contributed by atoms with Gasteiger partial charge in [-0.15, -0.1) is 0 Å². The first-order valence-electron chi connectivity index (χ1n) is 8.16. The smallest absolute Gasteiger partial charge is 0.252 e. The second-order valence-corrected chi connectivity index (χ2v) is 6.81. The molecule has 0 radical (unpaired) electrons. The number of benzene rings is 1. The zero-order chi connectivity index (χ0) is 16.9. The lowest BCUT2D eigenvalue weighted by Gasteiger charge is -2.33. The molecular weight excluding hydrogens is 347 g/mol. The van der Waals surface area contributed by atoms with Gasteiger partial charge in [-0.3, -0.25) is 9.69 Å². The van der Waals surface area contributed by atoms with E-state index in [1.54, 1.807) is 24.5 Å². The van der Waals surface area contributed by atoms with Crippen molar-refractivity contribution < 1.29 is 9.21 Å². The Bertz CT molecular complexity index is 682. The summed E-state index contributed by atoms with van der Waals surface area (Å²) in [6, 6.07) is 8.76. The molecule has 1 atom stereocenters. The number of hydrogen-bond donors (Lipinski definition) is 1. The number of halogens is 2. The van der Waals surface area contributed by atoms with Crippen molar-refractivity contribution >= 4 is 29.1 Å². The molecule has 1 amide bonds. The number of likely N-dealkylation sites (tertiary alicyclic amines) is 1. The standard InChI is InChI=1S/C18H20Cl2N2O2/c19-13-6-7-14(15(20)11-13)18(23)21-12-16(17-5-4-10-24-17)22-8-2-1-3-9-22/h4-7,10-11,16H,1-3,8-9,12H2,(H,21,23). The van der Waals surface area contributed by atoms with Crippen molar-refractivity contribution in [2.75, 3.05) is 19.6 Å². The minimum atomic E-state index is -0.203. The van der Waals surface area contributed by atoms with Gasteiger partial charge in [-0.2, -0.15) is 0 Å². The predicted molar refractivity (Wildman–Crippen MR) is 95.7 cm³/mol. The number of nitrogens with zero attached hydrogens (tertiary/aromatic N) is 1. The first-order chi connectivity index (χ1) is 11.6. The van der Waals surface area contributed by atoms with E-state index in [-0.39, 0.29) is 11.9 Å². The lowest BCUT2D eigenvalue weighted by atomic mass is 10.1. The zero-order valence-electron chi connectivity index (χ0n) is 13.3. The van der Waals surface area contributed by atoms with Crippen LogP contribution in [0.15, 0.2) is 41.0 Å². The Labute approximate surface area is 151 Å². The van der Waals surface area contributed by atoms with Crippen molar-refractivity contribution in [1.82, 2.24) is 10.2 Å². The topological polar surface area (TPSA) is 45.5 Å². The van der Waals surface area contributed by atoms with Gasteiger partial charge >= 0.3 is 0 Å². The Morgan fingerprint density at radius 2 is 2.00 bits per heavy atom. The van der Waals surface area contributed by atoms with Gasteiger partial charge in [0, 0.05) is 11.6 Å². The maximum absolute atomic E-state index is 12.4. The molecule has 1 aliphatic heterocycles. The van der Waals surface area contributed by atoms with E-state index in [2.05, 4.69) is 10.2 Å². The first-order valence-corrected chi connectivity index (χ1v) is 8.91. The number of furan rings is 1. The molecule has 24 heavy (non-hydrogen) atoms. The van der Waals surface area contributed by atoms with Gasteiger partial charge in [0.2, 0.25) is 0 Å². The number of piperidine rings is 1. The molecule has 2 heterocycles. The quantitative estimate of drug-likeness (QED) is 0.844. The number of hydrogen-bond acceptors (Lipinski definition) is 3. The van der Waals surface area contributed by atoms with Crippen LogP contribution >= 0.6 is 23.2 Å². The minimum absolute atomic E-state index is 0.0373. The highest BCUT2D eigenvalue weighted by Gasteiger charge is 2.25. The van der Waals surface area contributed by atoms with Crippen molar-refractivity contribution in [3.05, 3.63) is 58.0 Å². The Balaban J connectivity index is 1.70. The van der Waals surface area contributed by atoms with E-state index in [1.807, 2.05) is 12.1 Å². The monoisotopic (exact) mass is 366 g/mol. The van der Waals surface area contributed by atoms with E-state index in [9.17, 15) is 4.79 Å². The maximum Gasteiger partial charge on any atom is 0.252 e. The molecule has 3 rings (SSSR count). The Kier molecular flexibility index (Phi) is 5.82. The summed E-state index contributed by atoms with van der Waals surface area (Å²) in [5.41, 5.74) is 0.429. The van der Waals surface area contributed by atoms with Crippen LogP contribution in [0.1, 0.15) is 41.4 Å². The molecule has 1 fully saturated rings. The molecule has 0 saturated carbocycles. The maximum atomic E-state index is 12.4. The molecule has 1 aromatic carbocycles. The van der Waals surface area contributed by atoms with E-state index in [0.717, 1.165) is 18.8 Å². The third-order valence-electron chi connectivity index (χ3n) is 4.33. The van der Waals surface area contributed by atoms with Gasteiger partial charge in [-0.25, -0.2) is 0 Å². The summed E-state index contributed by atoms with van der Waals surface area (Å²) in [7, 11) is 0. The SMILES string of the molecule is O=C(NCC(c1ccco1)N1CCCCC1)c1ccc(Cl)cc1Cl. The highest BCUT2D eigenvalue weighted by Crippen LogP contribution is 2.25. The summed E-state index contributed by atoms with van der Waals surface area (Å²) in [4.78, 5) is 14.8. The summed E-state index contributed by atoms with van der Waals surface area (Å²) < 4.78 is 5.59. The van der Waals surface area contributed by atoms with Crippen LogP contribution in [0.25, 0.3) is 0 Å². The fraction of sp³-hybridized carbons (Fsp3) is 0.389. The van der Waals surface area contributed by atoms with Gasteiger partial charge < -0.3 is 9.73 Å². The van der Waals surface area contributed by atoms with Crippen LogP contribution in [-0.4, -0.2) is 30.4 Å². The van der Waals surface area contributed by atoms with E-state index in [0.29, 0.717) is 22.2 Å². The molecule has 0 aliphatic carbocycles. The fourth-order valence-electron chi connectivity index (χ4n) is 3.08. The number of rotatable bonds is 5. The van der Waals surface area contributed by atoms with Crippen LogP contribution in [0.4, 0.5) is 0 Å².